The number of nitrogen functional groups attached to an aromatic ring is 1. The van der Waals surface area contributed by atoms with Crippen molar-refractivity contribution in [1.29, 1.82) is 0 Å². The molecule has 0 bridgehead atoms. The number of rotatable bonds is 4. The van der Waals surface area contributed by atoms with Crippen molar-refractivity contribution >= 4 is 29.2 Å². The summed E-state index contributed by atoms with van der Waals surface area (Å²) < 4.78 is 10.7. The maximum atomic E-state index is 6.08. The van der Waals surface area contributed by atoms with Crippen molar-refractivity contribution in [3.8, 4) is 11.6 Å². The molecule has 0 unspecified atom stereocenters. The fraction of sp³-hybridized carbons (Fsp3) is 0.333. The van der Waals surface area contributed by atoms with Crippen molar-refractivity contribution in [2.24, 2.45) is 0 Å². The van der Waals surface area contributed by atoms with Crippen LogP contribution in [-0.4, -0.2) is 65.2 Å². The first-order chi connectivity index (χ1) is 13.3. The first kappa shape index (κ1) is 16.1. The summed E-state index contributed by atoms with van der Waals surface area (Å²) in [6.45, 7) is 4.17. The summed E-state index contributed by atoms with van der Waals surface area (Å²) >= 11 is 1.38. The molecule has 0 aliphatic carbocycles. The van der Waals surface area contributed by atoms with E-state index in [0.717, 1.165) is 38.4 Å². The largest absolute Gasteiger partial charge is 0.461 e. The van der Waals surface area contributed by atoms with Gasteiger partial charge in [0.15, 0.2) is 5.76 Å². The lowest BCUT2D eigenvalue weighted by atomic mass is 10.3. The van der Waals surface area contributed by atoms with E-state index in [-0.39, 0.29) is 5.95 Å². The van der Waals surface area contributed by atoms with E-state index in [9.17, 15) is 0 Å². The van der Waals surface area contributed by atoms with Crippen LogP contribution in [0.15, 0.2) is 28.2 Å². The Hall–Kier alpha value is -3.12. The van der Waals surface area contributed by atoms with Gasteiger partial charge in [-0.15, -0.1) is 10.2 Å². The van der Waals surface area contributed by atoms with Crippen LogP contribution in [0.4, 0.5) is 11.9 Å². The van der Waals surface area contributed by atoms with Crippen LogP contribution in [0, 0.1) is 0 Å². The number of nitrogens with two attached hydrogens (primary N) is 1. The molecule has 5 heterocycles. The van der Waals surface area contributed by atoms with E-state index in [1.54, 1.807) is 18.4 Å². The normalized spacial score (nSPS) is 15.6. The zero-order chi connectivity index (χ0) is 18.2. The third kappa shape index (κ3) is 3.08. The smallest absolute Gasteiger partial charge is 0.259 e. The molecule has 4 aromatic heterocycles. The van der Waals surface area contributed by atoms with E-state index in [1.807, 2.05) is 5.38 Å². The summed E-state index contributed by atoms with van der Waals surface area (Å²) in [6, 6.07) is 3.57. The standard InChI is InChI=1S/C15H16N10OS/c16-13-18-14(19-15-17-12(21-25(13)15)11-2-1-7-26-11)24-5-3-23(4-6-24)8-10-9-27-22-20-10/h1-2,7,9H,3-6,8H2,(H2,16,17,18,19,21). The van der Waals surface area contributed by atoms with Crippen LogP contribution in [0.5, 0.6) is 0 Å². The van der Waals surface area contributed by atoms with Crippen molar-refractivity contribution in [2.75, 3.05) is 36.8 Å². The number of piperazine rings is 1. The first-order valence-corrected chi connectivity index (χ1v) is 9.27. The Morgan fingerprint density at radius 3 is 2.78 bits per heavy atom. The molecule has 4 aromatic rings. The number of furan rings is 1. The van der Waals surface area contributed by atoms with Gasteiger partial charge in [-0.2, -0.15) is 19.5 Å². The second-order valence-electron chi connectivity index (χ2n) is 6.17. The maximum absolute atomic E-state index is 6.08. The van der Waals surface area contributed by atoms with E-state index < -0.39 is 0 Å². The highest BCUT2D eigenvalue weighted by molar-refractivity contribution is 7.03. The minimum atomic E-state index is 0.247. The molecule has 1 fully saturated rings. The summed E-state index contributed by atoms with van der Waals surface area (Å²) in [6.07, 6.45) is 1.57. The van der Waals surface area contributed by atoms with Gasteiger partial charge in [-0.1, -0.05) is 4.49 Å². The second kappa shape index (κ2) is 6.55. The summed E-state index contributed by atoms with van der Waals surface area (Å²) in [4.78, 5) is 17.8. The van der Waals surface area contributed by atoms with Crippen LogP contribution >= 0.6 is 11.5 Å². The maximum Gasteiger partial charge on any atom is 0.259 e. The highest BCUT2D eigenvalue weighted by Crippen LogP contribution is 2.19. The summed E-state index contributed by atoms with van der Waals surface area (Å²) in [5.74, 6) is 2.20. The van der Waals surface area contributed by atoms with Crippen LogP contribution < -0.4 is 10.6 Å². The molecule has 1 aliphatic rings. The lowest BCUT2D eigenvalue weighted by molar-refractivity contribution is 0.246. The second-order valence-corrected chi connectivity index (χ2v) is 6.78. The van der Waals surface area contributed by atoms with Crippen LogP contribution in [-0.2, 0) is 6.54 Å². The number of nitrogens with zero attached hydrogens (tertiary/aromatic N) is 9. The fourth-order valence-electron chi connectivity index (χ4n) is 3.03. The van der Waals surface area contributed by atoms with E-state index in [2.05, 4.69) is 39.4 Å². The molecular formula is C15H16N10OS. The van der Waals surface area contributed by atoms with Crippen LogP contribution in [0.25, 0.3) is 17.4 Å². The molecule has 5 rings (SSSR count). The van der Waals surface area contributed by atoms with E-state index in [4.69, 9.17) is 10.2 Å². The molecule has 2 N–H and O–H groups in total. The molecule has 138 valence electrons. The van der Waals surface area contributed by atoms with Gasteiger partial charge in [-0.05, 0) is 23.7 Å². The quantitative estimate of drug-likeness (QED) is 0.532. The van der Waals surface area contributed by atoms with Crippen molar-refractivity contribution in [2.45, 2.75) is 6.54 Å². The zero-order valence-electron chi connectivity index (χ0n) is 14.3. The Morgan fingerprint density at radius 2 is 2.04 bits per heavy atom. The van der Waals surface area contributed by atoms with E-state index in [0.29, 0.717) is 23.3 Å². The molecule has 0 atom stereocenters. The monoisotopic (exact) mass is 384 g/mol. The molecular weight excluding hydrogens is 368 g/mol. The minimum absolute atomic E-state index is 0.247. The number of fused-ring (bicyclic) bond motifs is 1. The van der Waals surface area contributed by atoms with Crippen LogP contribution in [0.2, 0.25) is 0 Å². The van der Waals surface area contributed by atoms with Gasteiger partial charge < -0.3 is 15.1 Å². The average molecular weight is 384 g/mol. The third-order valence-electron chi connectivity index (χ3n) is 4.41. The topological polar surface area (TPSA) is 127 Å². The summed E-state index contributed by atoms with van der Waals surface area (Å²) in [7, 11) is 0. The number of hydrogen-bond acceptors (Lipinski definition) is 11. The highest BCUT2D eigenvalue weighted by atomic mass is 32.1. The third-order valence-corrected chi connectivity index (χ3v) is 4.96. The molecule has 0 aromatic carbocycles. The molecule has 11 nitrogen and oxygen atoms in total. The van der Waals surface area contributed by atoms with E-state index >= 15 is 0 Å². The molecule has 27 heavy (non-hydrogen) atoms. The predicted molar refractivity (Wildman–Crippen MR) is 98.1 cm³/mol. The van der Waals surface area contributed by atoms with Crippen molar-refractivity contribution in [3.63, 3.8) is 0 Å². The van der Waals surface area contributed by atoms with Gasteiger partial charge in [-0.3, -0.25) is 4.90 Å². The highest BCUT2D eigenvalue weighted by Gasteiger charge is 2.22. The molecule has 1 saturated heterocycles. The predicted octanol–water partition coefficient (Wildman–Crippen LogP) is 0.535. The van der Waals surface area contributed by atoms with Crippen molar-refractivity contribution in [1.82, 2.24) is 39.1 Å². The lowest BCUT2D eigenvalue weighted by Crippen LogP contribution is -2.46. The number of hydrogen-bond donors (Lipinski definition) is 1. The van der Waals surface area contributed by atoms with Gasteiger partial charge in [0, 0.05) is 38.1 Å². The molecule has 0 saturated carbocycles. The first-order valence-electron chi connectivity index (χ1n) is 8.44. The van der Waals surface area contributed by atoms with Crippen molar-refractivity contribution in [3.05, 3.63) is 29.5 Å². The Labute approximate surface area is 157 Å². The molecule has 12 heteroatoms. The van der Waals surface area contributed by atoms with Gasteiger partial charge >= 0.3 is 0 Å². The van der Waals surface area contributed by atoms with Crippen molar-refractivity contribution < 1.29 is 4.42 Å². The number of anilines is 2. The van der Waals surface area contributed by atoms with E-state index in [1.165, 1.54) is 16.0 Å². The zero-order valence-corrected chi connectivity index (χ0v) is 15.1. The fourth-order valence-corrected chi connectivity index (χ4v) is 3.48. The van der Waals surface area contributed by atoms with Gasteiger partial charge in [0.05, 0.1) is 12.0 Å². The molecule has 0 amide bonds. The Morgan fingerprint density at radius 1 is 1.15 bits per heavy atom. The Kier molecular flexibility index (Phi) is 3.90. The molecule has 1 aliphatic heterocycles. The average Bonchev–Trinajstić information content (AvgIpc) is 3.43. The SMILES string of the molecule is Nc1nc(N2CCN(Cc3csnn3)CC2)nc2nc(-c3ccco3)nn12. The molecule has 0 radical (unpaired) electrons. The van der Waals surface area contributed by atoms with Crippen LogP contribution in [0.1, 0.15) is 5.69 Å². The Bertz CT molecular complexity index is 1040. The minimum Gasteiger partial charge on any atom is -0.461 e. The summed E-state index contributed by atoms with van der Waals surface area (Å²) in [5.41, 5.74) is 7.08. The van der Waals surface area contributed by atoms with Gasteiger partial charge in [0.25, 0.3) is 5.78 Å². The molecule has 0 spiro atoms. The lowest BCUT2D eigenvalue weighted by Gasteiger charge is -2.34. The van der Waals surface area contributed by atoms with Gasteiger partial charge in [-0.25, -0.2) is 0 Å². The Balaban J connectivity index is 1.34. The van der Waals surface area contributed by atoms with Gasteiger partial charge in [0.1, 0.15) is 0 Å². The van der Waals surface area contributed by atoms with Crippen LogP contribution in [0.3, 0.4) is 0 Å². The van der Waals surface area contributed by atoms with Gasteiger partial charge in [0.2, 0.25) is 17.7 Å². The summed E-state index contributed by atoms with van der Waals surface area (Å²) in [5, 5.41) is 10.4. The number of aromatic nitrogens is 7.